The largest absolute Gasteiger partial charge is 0.464 e. The first kappa shape index (κ1) is 12.7. The molecular formula is C8H7F2N3O4. The molecule has 0 atom stereocenters. The minimum Gasteiger partial charge on any atom is -0.464 e. The van der Waals surface area contributed by atoms with E-state index in [0.717, 1.165) is 7.11 Å². The predicted octanol–water partition coefficient (Wildman–Crippen LogP) is 1.30. The molecule has 0 aliphatic heterocycles. The third kappa shape index (κ3) is 2.27. The first-order valence-corrected chi connectivity index (χ1v) is 4.19. The van der Waals surface area contributed by atoms with Gasteiger partial charge in [0.25, 0.3) is 12.1 Å². The normalized spacial score (nSPS) is 10.4. The van der Waals surface area contributed by atoms with Crippen LogP contribution in [-0.4, -0.2) is 23.0 Å². The summed E-state index contributed by atoms with van der Waals surface area (Å²) in [7, 11) is 1.01. The van der Waals surface area contributed by atoms with Crippen LogP contribution in [0.15, 0.2) is 6.20 Å². The maximum Gasteiger partial charge on any atom is 0.358 e. The lowest BCUT2D eigenvalue weighted by Gasteiger charge is -2.08. The number of nitrogens with two attached hydrogens (primary N) is 1. The van der Waals surface area contributed by atoms with Gasteiger partial charge in [0, 0.05) is 0 Å². The highest BCUT2D eigenvalue weighted by Crippen LogP contribution is 2.34. The summed E-state index contributed by atoms with van der Waals surface area (Å²) in [5.41, 5.74) is 1.95. The summed E-state index contributed by atoms with van der Waals surface area (Å²) in [6.45, 7) is 0. The number of nitrogens with zero attached hydrogens (tertiary/aromatic N) is 2. The second-order valence-electron chi connectivity index (χ2n) is 2.87. The molecule has 0 aromatic carbocycles. The van der Waals surface area contributed by atoms with Crippen molar-refractivity contribution in [3.05, 3.63) is 27.6 Å². The van der Waals surface area contributed by atoms with Crippen molar-refractivity contribution in [2.24, 2.45) is 0 Å². The third-order valence-corrected chi connectivity index (χ3v) is 1.93. The van der Waals surface area contributed by atoms with Gasteiger partial charge in [0.2, 0.25) is 0 Å². The first-order valence-electron chi connectivity index (χ1n) is 4.19. The molecule has 0 saturated heterocycles. The molecule has 0 saturated carbocycles. The molecule has 9 heteroatoms. The molecule has 1 rings (SSSR count). The van der Waals surface area contributed by atoms with E-state index in [-0.39, 0.29) is 0 Å². The standard InChI is InChI=1S/C8H7F2N3O4/c1-17-8(14)6-5(11)4(7(9)10)3(2-12-6)13(15)16/h2,7H,11H2,1H3. The van der Waals surface area contributed by atoms with E-state index < -0.39 is 40.0 Å². The molecule has 7 nitrogen and oxygen atoms in total. The van der Waals surface area contributed by atoms with E-state index in [1.165, 1.54) is 0 Å². The molecule has 0 aliphatic carbocycles. The number of anilines is 1. The molecule has 0 amide bonds. The molecule has 1 heterocycles. The summed E-state index contributed by atoms with van der Waals surface area (Å²) in [6.07, 6.45) is -2.65. The zero-order valence-corrected chi connectivity index (χ0v) is 8.52. The van der Waals surface area contributed by atoms with Crippen LogP contribution in [0.3, 0.4) is 0 Å². The van der Waals surface area contributed by atoms with Crippen LogP contribution in [-0.2, 0) is 4.74 Å². The molecule has 0 aliphatic rings. The fourth-order valence-electron chi connectivity index (χ4n) is 1.16. The summed E-state index contributed by atoms with van der Waals surface area (Å²) < 4.78 is 29.5. The lowest BCUT2D eigenvalue weighted by atomic mass is 10.1. The first-order chi connectivity index (χ1) is 7.90. The number of rotatable bonds is 3. The van der Waals surface area contributed by atoms with Crippen molar-refractivity contribution in [2.75, 3.05) is 12.8 Å². The van der Waals surface area contributed by atoms with E-state index in [0.29, 0.717) is 6.20 Å². The minimum atomic E-state index is -3.19. The lowest BCUT2D eigenvalue weighted by Crippen LogP contribution is -2.12. The van der Waals surface area contributed by atoms with E-state index in [2.05, 4.69) is 9.72 Å². The number of aromatic nitrogens is 1. The van der Waals surface area contributed by atoms with E-state index >= 15 is 0 Å². The Morgan fingerprint density at radius 3 is 2.65 bits per heavy atom. The van der Waals surface area contributed by atoms with Gasteiger partial charge in [0.15, 0.2) is 5.69 Å². The van der Waals surface area contributed by atoms with Crippen molar-refractivity contribution < 1.29 is 23.2 Å². The van der Waals surface area contributed by atoms with Crippen LogP contribution < -0.4 is 5.73 Å². The van der Waals surface area contributed by atoms with Crippen LogP contribution in [0.1, 0.15) is 22.5 Å². The zero-order valence-electron chi connectivity index (χ0n) is 8.52. The maximum absolute atomic E-state index is 12.6. The number of ether oxygens (including phenoxy) is 1. The van der Waals surface area contributed by atoms with Crippen molar-refractivity contribution in [1.82, 2.24) is 4.98 Å². The second-order valence-corrected chi connectivity index (χ2v) is 2.87. The molecule has 2 N–H and O–H groups in total. The second kappa shape index (κ2) is 4.68. The Bertz CT molecular complexity index is 478. The summed E-state index contributed by atoms with van der Waals surface area (Å²) in [5.74, 6) is -1.04. The Hall–Kier alpha value is -2.32. The number of alkyl halides is 2. The Labute approximate surface area is 93.3 Å². The molecule has 0 unspecified atom stereocenters. The maximum atomic E-state index is 12.6. The Morgan fingerprint density at radius 1 is 1.65 bits per heavy atom. The van der Waals surface area contributed by atoms with Crippen LogP contribution in [0.25, 0.3) is 0 Å². The van der Waals surface area contributed by atoms with Gasteiger partial charge in [0.05, 0.1) is 17.7 Å². The fraction of sp³-hybridized carbons (Fsp3) is 0.250. The molecule has 1 aromatic heterocycles. The van der Waals surface area contributed by atoms with Gasteiger partial charge in [-0.25, -0.2) is 18.6 Å². The fourth-order valence-corrected chi connectivity index (χ4v) is 1.16. The zero-order chi connectivity index (χ0) is 13.2. The van der Waals surface area contributed by atoms with Gasteiger partial charge in [-0.1, -0.05) is 0 Å². The van der Waals surface area contributed by atoms with Gasteiger partial charge in [-0.05, 0) is 0 Å². The van der Waals surface area contributed by atoms with Crippen molar-refractivity contribution in [1.29, 1.82) is 0 Å². The summed E-state index contributed by atoms with van der Waals surface area (Å²) in [4.78, 5) is 23.9. The quantitative estimate of drug-likeness (QED) is 0.489. The highest BCUT2D eigenvalue weighted by molar-refractivity contribution is 5.94. The predicted molar refractivity (Wildman–Crippen MR) is 51.6 cm³/mol. The number of carbonyl (C=O) groups is 1. The van der Waals surface area contributed by atoms with Gasteiger partial charge >= 0.3 is 5.97 Å². The average Bonchev–Trinajstić information content (AvgIpc) is 2.26. The van der Waals surface area contributed by atoms with Crippen LogP contribution in [0.2, 0.25) is 0 Å². The number of hydrogen-bond donors (Lipinski definition) is 1. The van der Waals surface area contributed by atoms with Crippen molar-refractivity contribution in [3.63, 3.8) is 0 Å². The Kier molecular flexibility index (Phi) is 3.51. The monoisotopic (exact) mass is 247 g/mol. The van der Waals surface area contributed by atoms with E-state index in [1.807, 2.05) is 0 Å². The Morgan fingerprint density at radius 2 is 2.24 bits per heavy atom. The van der Waals surface area contributed by atoms with E-state index in [9.17, 15) is 23.7 Å². The van der Waals surface area contributed by atoms with Crippen molar-refractivity contribution >= 4 is 17.3 Å². The van der Waals surface area contributed by atoms with Gasteiger partial charge in [-0.3, -0.25) is 10.1 Å². The van der Waals surface area contributed by atoms with Crippen molar-refractivity contribution in [3.8, 4) is 0 Å². The number of pyridine rings is 1. The van der Waals surface area contributed by atoms with Gasteiger partial charge in [-0.2, -0.15) is 0 Å². The molecular weight excluding hydrogens is 240 g/mol. The molecule has 0 bridgehead atoms. The van der Waals surface area contributed by atoms with Gasteiger partial charge in [-0.15, -0.1) is 0 Å². The molecule has 0 radical (unpaired) electrons. The summed E-state index contributed by atoms with van der Waals surface area (Å²) >= 11 is 0. The van der Waals surface area contributed by atoms with Crippen LogP contribution in [0, 0.1) is 10.1 Å². The van der Waals surface area contributed by atoms with E-state index in [1.54, 1.807) is 0 Å². The van der Waals surface area contributed by atoms with Gasteiger partial charge in [0.1, 0.15) is 11.8 Å². The number of esters is 1. The topological polar surface area (TPSA) is 108 Å². The van der Waals surface area contributed by atoms with Crippen LogP contribution in [0.4, 0.5) is 20.2 Å². The number of halogens is 2. The van der Waals surface area contributed by atoms with Crippen LogP contribution in [0.5, 0.6) is 0 Å². The SMILES string of the molecule is COC(=O)c1ncc([N+](=O)[O-])c(C(F)F)c1N. The molecule has 1 aromatic rings. The third-order valence-electron chi connectivity index (χ3n) is 1.93. The van der Waals surface area contributed by atoms with E-state index in [4.69, 9.17) is 5.73 Å². The average molecular weight is 247 g/mol. The number of methoxy groups -OCH3 is 1. The highest BCUT2D eigenvalue weighted by atomic mass is 19.3. The van der Waals surface area contributed by atoms with Crippen molar-refractivity contribution in [2.45, 2.75) is 6.43 Å². The number of nitro groups is 1. The number of carbonyl (C=O) groups excluding carboxylic acids is 1. The smallest absolute Gasteiger partial charge is 0.358 e. The minimum absolute atomic E-state index is 0.546. The summed E-state index contributed by atoms with van der Waals surface area (Å²) in [6, 6.07) is 0. The van der Waals surface area contributed by atoms with Gasteiger partial charge < -0.3 is 10.5 Å². The number of hydrogen-bond acceptors (Lipinski definition) is 6. The highest BCUT2D eigenvalue weighted by Gasteiger charge is 2.29. The molecule has 17 heavy (non-hydrogen) atoms. The lowest BCUT2D eigenvalue weighted by molar-refractivity contribution is -0.386. The Balaban J connectivity index is 3.49. The van der Waals surface area contributed by atoms with Crippen LogP contribution >= 0.6 is 0 Å². The summed E-state index contributed by atoms with van der Waals surface area (Å²) in [5, 5.41) is 10.5. The number of nitrogen functional groups attached to an aromatic ring is 1. The molecule has 0 spiro atoms. The molecule has 92 valence electrons. The molecule has 0 fully saturated rings.